The summed E-state index contributed by atoms with van der Waals surface area (Å²) in [5.74, 6) is 0.964. The van der Waals surface area contributed by atoms with E-state index in [0.29, 0.717) is 29.8 Å². The summed E-state index contributed by atoms with van der Waals surface area (Å²) in [5, 5.41) is 0. The normalized spacial score (nSPS) is 18.4. The molecule has 0 radical (unpaired) electrons. The highest BCUT2D eigenvalue weighted by Gasteiger charge is 2.28. The minimum Gasteiger partial charge on any atom is -0.207 e. The maximum atomic E-state index is 12.6. The van der Waals surface area contributed by atoms with Crippen LogP contribution in [0.3, 0.4) is 0 Å². The van der Waals surface area contributed by atoms with Gasteiger partial charge in [-0.25, -0.2) is 8.42 Å². The van der Waals surface area contributed by atoms with E-state index in [0.717, 1.165) is 30.4 Å². The van der Waals surface area contributed by atoms with Crippen LogP contribution in [-0.2, 0) is 22.3 Å². The van der Waals surface area contributed by atoms with Gasteiger partial charge in [0.1, 0.15) is 0 Å². The van der Waals surface area contributed by atoms with Gasteiger partial charge < -0.3 is 0 Å². The lowest BCUT2D eigenvalue weighted by Crippen LogP contribution is -2.37. The first kappa shape index (κ1) is 15.8. The van der Waals surface area contributed by atoms with E-state index in [1.54, 1.807) is 16.4 Å². The van der Waals surface area contributed by atoms with E-state index >= 15 is 0 Å². The van der Waals surface area contributed by atoms with E-state index in [9.17, 15) is 8.42 Å². The predicted molar refractivity (Wildman–Crippen MR) is 82.5 cm³/mol. The van der Waals surface area contributed by atoms with Crippen LogP contribution in [0.25, 0.3) is 0 Å². The summed E-state index contributed by atoms with van der Waals surface area (Å²) in [4.78, 5) is 0.375. The van der Waals surface area contributed by atoms with E-state index in [1.807, 2.05) is 13.0 Å². The van der Waals surface area contributed by atoms with Gasteiger partial charge in [-0.3, -0.25) is 0 Å². The Morgan fingerprint density at radius 3 is 2.45 bits per heavy atom. The Labute approximate surface area is 127 Å². The van der Waals surface area contributed by atoms with E-state index in [1.165, 1.54) is 0 Å². The van der Waals surface area contributed by atoms with Gasteiger partial charge in [0.15, 0.2) is 0 Å². The summed E-state index contributed by atoms with van der Waals surface area (Å²) >= 11 is 5.93. The van der Waals surface area contributed by atoms with Gasteiger partial charge in [-0.05, 0) is 48.4 Å². The van der Waals surface area contributed by atoms with Crippen LogP contribution in [0, 0.1) is 5.92 Å². The van der Waals surface area contributed by atoms with Crippen molar-refractivity contribution in [2.75, 3.05) is 13.1 Å². The standard InChI is InChI=1S/C15H22ClNO2S/c1-3-13-4-5-15(10-14(13)11-16)20(18,19)17-8-6-12(2)7-9-17/h4-5,10,12H,3,6-9,11H2,1-2H3. The van der Waals surface area contributed by atoms with Crippen LogP contribution in [0.1, 0.15) is 37.8 Å². The highest BCUT2D eigenvalue weighted by atomic mass is 35.5. The van der Waals surface area contributed by atoms with Gasteiger partial charge >= 0.3 is 0 Å². The maximum Gasteiger partial charge on any atom is 0.243 e. The molecule has 5 heteroatoms. The zero-order valence-electron chi connectivity index (χ0n) is 12.1. The molecule has 2 rings (SSSR count). The van der Waals surface area contributed by atoms with Crippen LogP contribution in [0.5, 0.6) is 0 Å². The fourth-order valence-electron chi connectivity index (χ4n) is 2.61. The molecule has 0 atom stereocenters. The number of aryl methyl sites for hydroxylation is 1. The minimum atomic E-state index is -3.37. The summed E-state index contributed by atoms with van der Waals surface area (Å²) in [5.41, 5.74) is 2.03. The quantitative estimate of drug-likeness (QED) is 0.798. The van der Waals surface area contributed by atoms with Crippen LogP contribution in [0.15, 0.2) is 23.1 Å². The lowest BCUT2D eigenvalue weighted by atomic mass is 10.0. The molecule has 1 heterocycles. The molecule has 0 saturated carbocycles. The summed E-state index contributed by atoms with van der Waals surface area (Å²) in [6.07, 6.45) is 2.74. The number of benzene rings is 1. The molecule has 3 nitrogen and oxygen atoms in total. The molecule has 0 spiro atoms. The van der Waals surface area contributed by atoms with Crippen molar-refractivity contribution >= 4 is 21.6 Å². The number of hydrogen-bond donors (Lipinski definition) is 0. The van der Waals surface area contributed by atoms with Crippen LogP contribution < -0.4 is 0 Å². The van der Waals surface area contributed by atoms with Gasteiger partial charge in [-0.2, -0.15) is 4.31 Å². The number of hydrogen-bond acceptors (Lipinski definition) is 2. The Morgan fingerprint density at radius 1 is 1.25 bits per heavy atom. The zero-order valence-corrected chi connectivity index (χ0v) is 13.7. The second-order valence-corrected chi connectivity index (χ2v) is 7.71. The van der Waals surface area contributed by atoms with E-state index in [4.69, 9.17) is 11.6 Å². The molecule has 0 bridgehead atoms. The van der Waals surface area contributed by atoms with Gasteiger partial charge in [0.05, 0.1) is 4.90 Å². The molecule has 0 aromatic heterocycles. The second kappa shape index (κ2) is 6.46. The predicted octanol–water partition coefficient (Wildman–Crippen LogP) is 3.41. The Bertz CT molecular complexity index is 563. The number of nitrogens with zero attached hydrogens (tertiary/aromatic N) is 1. The van der Waals surface area contributed by atoms with E-state index in [2.05, 4.69) is 6.92 Å². The molecule has 112 valence electrons. The van der Waals surface area contributed by atoms with Crippen LogP contribution in [0.2, 0.25) is 0 Å². The first-order chi connectivity index (χ1) is 9.48. The maximum absolute atomic E-state index is 12.6. The molecular weight excluding hydrogens is 294 g/mol. The third kappa shape index (κ3) is 3.18. The fraction of sp³-hybridized carbons (Fsp3) is 0.600. The van der Waals surface area contributed by atoms with Crippen molar-refractivity contribution in [3.05, 3.63) is 29.3 Å². The van der Waals surface area contributed by atoms with Crippen LogP contribution in [0.4, 0.5) is 0 Å². The van der Waals surface area contributed by atoms with Crippen LogP contribution in [-0.4, -0.2) is 25.8 Å². The molecule has 1 fully saturated rings. The second-order valence-electron chi connectivity index (χ2n) is 5.50. The molecule has 0 unspecified atom stereocenters. The summed E-state index contributed by atoms with van der Waals surface area (Å²) in [7, 11) is -3.37. The fourth-order valence-corrected chi connectivity index (χ4v) is 4.38. The third-order valence-electron chi connectivity index (χ3n) is 4.08. The van der Waals surface area contributed by atoms with Crippen molar-refractivity contribution in [1.82, 2.24) is 4.31 Å². The first-order valence-corrected chi connectivity index (χ1v) is 9.14. The number of sulfonamides is 1. The lowest BCUT2D eigenvalue weighted by Gasteiger charge is -2.29. The minimum absolute atomic E-state index is 0.351. The average molecular weight is 316 g/mol. The topological polar surface area (TPSA) is 37.4 Å². The van der Waals surface area contributed by atoms with Crippen molar-refractivity contribution in [1.29, 1.82) is 0 Å². The van der Waals surface area contributed by atoms with Gasteiger partial charge in [0.25, 0.3) is 0 Å². The van der Waals surface area contributed by atoms with Crippen molar-refractivity contribution in [3.63, 3.8) is 0 Å². The summed E-state index contributed by atoms with van der Waals surface area (Å²) in [6, 6.07) is 5.33. The van der Waals surface area contributed by atoms with Crippen LogP contribution >= 0.6 is 11.6 Å². The number of alkyl halides is 1. The summed E-state index contributed by atoms with van der Waals surface area (Å²) in [6.45, 7) is 5.46. The van der Waals surface area contributed by atoms with Crippen molar-refractivity contribution in [3.8, 4) is 0 Å². The Kier molecular flexibility index (Phi) is 5.10. The van der Waals surface area contributed by atoms with Gasteiger partial charge in [0, 0.05) is 19.0 Å². The summed E-state index contributed by atoms with van der Waals surface area (Å²) < 4.78 is 26.9. The van der Waals surface area contributed by atoms with Crippen molar-refractivity contribution < 1.29 is 8.42 Å². The molecule has 1 saturated heterocycles. The highest BCUT2D eigenvalue weighted by Crippen LogP contribution is 2.25. The molecular formula is C15H22ClNO2S. The molecule has 20 heavy (non-hydrogen) atoms. The third-order valence-corrected chi connectivity index (χ3v) is 6.27. The van der Waals surface area contributed by atoms with Gasteiger partial charge in [0.2, 0.25) is 10.0 Å². The molecule has 0 N–H and O–H groups in total. The molecule has 1 aromatic rings. The number of rotatable bonds is 4. The average Bonchev–Trinajstić information content (AvgIpc) is 2.46. The largest absolute Gasteiger partial charge is 0.243 e. The molecule has 0 amide bonds. The zero-order chi connectivity index (χ0) is 14.8. The smallest absolute Gasteiger partial charge is 0.207 e. The molecule has 1 aliphatic heterocycles. The Morgan fingerprint density at radius 2 is 1.90 bits per heavy atom. The molecule has 1 aromatic carbocycles. The Balaban J connectivity index is 2.30. The van der Waals surface area contributed by atoms with Crippen molar-refractivity contribution in [2.45, 2.75) is 43.9 Å². The van der Waals surface area contributed by atoms with E-state index < -0.39 is 10.0 Å². The number of piperidine rings is 1. The molecule has 1 aliphatic rings. The van der Waals surface area contributed by atoms with Gasteiger partial charge in [-0.15, -0.1) is 11.6 Å². The highest BCUT2D eigenvalue weighted by molar-refractivity contribution is 7.89. The Hall–Kier alpha value is -0.580. The molecule has 0 aliphatic carbocycles. The lowest BCUT2D eigenvalue weighted by molar-refractivity contribution is 0.288. The van der Waals surface area contributed by atoms with Gasteiger partial charge in [-0.1, -0.05) is 19.9 Å². The van der Waals surface area contributed by atoms with Crippen molar-refractivity contribution in [2.24, 2.45) is 5.92 Å². The monoisotopic (exact) mass is 315 g/mol. The van der Waals surface area contributed by atoms with E-state index in [-0.39, 0.29) is 0 Å². The SMILES string of the molecule is CCc1ccc(S(=O)(=O)N2CCC(C)CC2)cc1CCl. The first-order valence-electron chi connectivity index (χ1n) is 7.17. The number of halogens is 1.